The Hall–Kier alpha value is -3.20. The lowest BCUT2D eigenvalue weighted by Crippen LogP contribution is -2.07. The van der Waals surface area contributed by atoms with Crippen LogP contribution in [0.15, 0.2) is 47.4 Å². The number of benzene rings is 1. The molecule has 0 aliphatic rings. The van der Waals surface area contributed by atoms with Crippen LogP contribution in [0.1, 0.15) is 18.3 Å². The number of fused-ring (bicyclic) bond motifs is 1. The first kappa shape index (κ1) is 18.2. The van der Waals surface area contributed by atoms with Gasteiger partial charge in [0.05, 0.1) is 10.6 Å². The van der Waals surface area contributed by atoms with Crippen molar-refractivity contribution in [3.63, 3.8) is 0 Å². The van der Waals surface area contributed by atoms with E-state index in [-0.39, 0.29) is 10.6 Å². The molecule has 9 heteroatoms. The van der Waals surface area contributed by atoms with Gasteiger partial charge in [-0.3, -0.25) is 9.50 Å². The van der Waals surface area contributed by atoms with Gasteiger partial charge in [-0.25, -0.2) is 13.4 Å². The van der Waals surface area contributed by atoms with Crippen LogP contribution >= 0.6 is 0 Å². The number of rotatable bonds is 5. The molecule has 0 amide bonds. The third kappa shape index (κ3) is 3.24. The summed E-state index contributed by atoms with van der Waals surface area (Å²) in [5.74, 6) is 1.67. The second-order valence-electron chi connectivity index (χ2n) is 6.53. The zero-order chi connectivity index (χ0) is 19.9. The van der Waals surface area contributed by atoms with Crippen LogP contribution in [0.3, 0.4) is 0 Å². The van der Waals surface area contributed by atoms with Crippen molar-refractivity contribution in [3.05, 3.63) is 53.9 Å². The number of aromatic amines is 1. The Morgan fingerprint density at radius 1 is 1.11 bits per heavy atom. The molecule has 28 heavy (non-hydrogen) atoms. The fourth-order valence-corrected chi connectivity index (χ4v) is 3.90. The van der Waals surface area contributed by atoms with Crippen molar-refractivity contribution in [1.29, 1.82) is 0 Å². The van der Waals surface area contributed by atoms with Crippen LogP contribution in [-0.2, 0) is 9.84 Å². The molecule has 2 N–H and O–H groups in total. The smallest absolute Gasteiger partial charge is 0.216 e. The number of hydrogen-bond donors (Lipinski definition) is 2. The summed E-state index contributed by atoms with van der Waals surface area (Å²) in [6.45, 7) is 5.51. The Bertz CT molecular complexity index is 1270. The van der Waals surface area contributed by atoms with Crippen molar-refractivity contribution >= 4 is 27.3 Å². The zero-order valence-electron chi connectivity index (χ0n) is 15.8. The Morgan fingerprint density at radius 2 is 1.93 bits per heavy atom. The lowest BCUT2D eigenvalue weighted by Gasteiger charge is -2.11. The van der Waals surface area contributed by atoms with Crippen LogP contribution in [0, 0.1) is 13.8 Å². The van der Waals surface area contributed by atoms with Crippen LogP contribution in [0.2, 0.25) is 0 Å². The first-order chi connectivity index (χ1) is 13.4. The fourth-order valence-electron chi connectivity index (χ4n) is 2.98. The third-order valence-corrected chi connectivity index (χ3v) is 6.21. The predicted molar refractivity (Wildman–Crippen MR) is 107 cm³/mol. The van der Waals surface area contributed by atoms with Gasteiger partial charge in [0.15, 0.2) is 21.5 Å². The Labute approximate surface area is 162 Å². The van der Waals surface area contributed by atoms with E-state index in [0.29, 0.717) is 28.8 Å². The molecule has 1 aromatic carbocycles. The largest absolute Gasteiger partial charge is 0.308 e. The maximum atomic E-state index is 12.2. The standard InChI is InChI=1S/C19H20N6O2S/c1-4-28(26,27)15-7-5-6-14(11-15)18-21-17-9-8-13(3)25(17)19(22-18)20-16-10-12(2)23-24-16/h5-11H,4H2,1-3H3,(H2,20,21,22,23,24). The van der Waals surface area contributed by atoms with Gasteiger partial charge in [0.2, 0.25) is 5.95 Å². The van der Waals surface area contributed by atoms with E-state index >= 15 is 0 Å². The summed E-state index contributed by atoms with van der Waals surface area (Å²) in [4.78, 5) is 9.53. The van der Waals surface area contributed by atoms with E-state index in [9.17, 15) is 8.42 Å². The van der Waals surface area contributed by atoms with Crippen LogP contribution in [0.5, 0.6) is 0 Å². The van der Waals surface area contributed by atoms with Crippen molar-refractivity contribution in [2.45, 2.75) is 25.7 Å². The molecule has 0 unspecified atom stereocenters. The number of aryl methyl sites for hydroxylation is 2. The lowest BCUT2D eigenvalue weighted by atomic mass is 10.2. The van der Waals surface area contributed by atoms with Gasteiger partial charge in [-0.2, -0.15) is 10.1 Å². The molecule has 3 heterocycles. The molecule has 0 spiro atoms. The maximum absolute atomic E-state index is 12.2. The van der Waals surface area contributed by atoms with Crippen molar-refractivity contribution in [2.75, 3.05) is 11.1 Å². The van der Waals surface area contributed by atoms with Crippen LogP contribution in [-0.4, -0.2) is 38.7 Å². The third-order valence-electron chi connectivity index (χ3n) is 4.48. The monoisotopic (exact) mass is 396 g/mol. The van der Waals surface area contributed by atoms with Gasteiger partial charge in [0.1, 0.15) is 5.65 Å². The average Bonchev–Trinajstić information content (AvgIpc) is 3.27. The van der Waals surface area contributed by atoms with Crippen molar-refractivity contribution in [3.8, 4) is 11.4 Å². The maximum Gasteiger partial charge on any atom is 0.216 e. The van der Waals surface area contributed by atoms with E-state index in [4.69, 9.17) is 0 Å². The van der Waals surface area contributed by atoms with Gasteiger partial charge in [0, 0.05) is 23.0 Å². The fraction of sp³-hybridized carbons (Fsp3) is 0.211. The molecular formula is C19H20N6O2S. The molecule has 0 aliphatic heterocycles. The van der Waals surface area contributed by atoms with Gasteiger partial charge in [-0.15, -0.1) is 0 Å². The second-order valence-corrected chi connectivity index (χ2v) is 8.81. The molecule has 0 atom stereocenters. The highest BCUT2D eigenvalue weighted by molar-refractivity contribution is 7.91. The average molecular weight is 396 g/mol. The molecular weight excluding hydrogens is 376 g/mol. The Balaban J connectivity index is 1.86. The molecule has 0 saturated heterocycles. The van der Waals surface area contributed by atoms with E-state index in [1.165, 1.54) is 0 Å². The zero-order valence-corrected chi connectivity index (χ0v) is 16.6. The number of anilines is 2. The highest BCUT2D eigenvalue weighted by Gasteiger charge is 2.16. The van der Waals surface area contributed by atoms with Crippen molar-refractivity contribution < 1.29 is 8.42 Å². The highest BCUT2D eigenvalue weighted by atomic mass is 32.2. The van der Waals surface area contributed by atoms with E-state index < -0.39 is 9.84 Å². The summed E-state index contributed by atoms with van der Waals surface area (Å²) in [5.41, 5.74) is 3.24. The molecule has 0 aliphatic carbocycles. The lowest BCUT2D eigenvalue weighted by molar-refractivity contribution is 0.597. The highest BCUT2D eigenvalue weighted by Crippen LogP contribution is 2.25. The summed E-state index contributed by atoms with van der Waals surface area (Å²) in [6.07, 6.45) is 0. The molecule has 0 bridgehead atoms. The minimum Gasteiger partial charge on any atom is -0.308 e. The number of hydrogen-bond acceptors (Lipinski definition) is 6. The molecule has 3 aromatic heterocycles. The van der Waals surface area contributed by atoms with Gasteiger partial charge in [-0.1, -0.05) is 19.1 Å². The van der Waals surface area contributed by atoms with Gasteiger partial charge in [-0.05, 0) is 38.1 Å². The first-order valence-electron chi connectivity index (χ1n) is 8.86. The molecule has 4 rings (SSSR count). The number of H-pyrrole nitrogens is 1. The number of nitrogens with one attached hydrogen (secondary N) is 2. The Morgan fingerprint density at radius 3 is 2.64 bits per heavy atom. The van der Waals surface area contributed by atoms with E-state index in [0.717, 1.165) is 11.4 Å². The van der Waals surface area contributed by atoms with Gasteiger partial charge in [0.25, 0.3) is 0 Å². The van der Waals surface area contributed by atoms with Crippen LogP contribution in [0.25, 0.3) is 17.0 Å². The summed E-state index contributed by atoms with van der Waals surface area (Å²) in [6, 6.07) is 12.4. The van der Waals surface area contributed by atoms with Crippen LogP contribution in [0.4, 0.5) is 11.8 Å². The van der Waals surface area contributed by atoms with E-state index in [1.54, 1.807) is 31.2 Å². The van der Waals surface area contributed by atoms with E-state index in [1.807, 2.05) is 36.4 Å². The number of sulfone groups is 1. The topological polar surface area (TPSA) is 105 Å². The minimum absolute atomic E-state index is 0.0412. The van der Waals surface area contributed by atoms with Gasteiger partial charge >= 0.3 is 0 Å². The van der Waals surface area contributed by atoms with Crippen molar-refractivity contribution in [1.82, 2.24) is 24.6 Å². The predicted octanol–water partition coefficient (Wildman–Crippen LogP) is 3.27. The summed E-state index contributed by atoms with van der Waals surface area (Å²) >= 11 is 0. The summed E-state index contributed by atoms with van der Waals surface area (Å²) in [7, 11) is -3.31. The summed E-state index contributed by atoms with van der Waals surface area (Å²) < 4.78 is 26.4. The normalized spacial score (nSPS) is 11.8. The molecule has 0 radical (unpaired) electrons. The molecule has 144 valence electrons. The van der Waals surface area contributed by atoms with Crippen LogP contribution < -0.4 is 5.32 Å². The molecule has 0 fully saturated rings. The number of nitrogens with zero attached hydrogens (tertiary/aromatic N) is 4. The first-order valence-corrected chi connectivity index (χ1v) is 10.5. The molecule has 0 saturated carbocycles. The molecule has 4 aromatic rings. The quantitative estimate of drug-likeness (QED) is 0.536. The van der Waals surface area contributed by atoms with Gasteiger partial charge < -0.3 is 5.32 Å². The van der Waals surface area contributed by atoms with Crippen molar-refractivity contribution in [2.24, 2.45) is 0 Å². The molecule has 8 nitrogen and oxygen atoms in total. The summed E-state index contributed by atoms with van der Waals surface area (Å²) in [5, 5.41) is 10.3. The Kier molecular flexibility index (Phi) is 4.38. The second kappa shape index (κ2) is 6.75. The minimum atomic E-state index is -3.31. The number of aromatic nitrogens is 5. The SMILES string of the molecule is CCS(=O)(=O)c1cccc(-c2nc(Nc3cc(C)[nH]n3)n3c(C)ccc3n2)c1. The van der Waals surface area contributed by atoms with E-state index in [2.05, 4.69) is 25.5 Å².